The molecule has 2 fully saturated rings. The number of carbonyl (C=O) groups excluding carboxylic acids is 1. The van der Waals surface area contributed by atoms with Crippen molar-refractivity contribution in [3.63, 3.8) is 0 Å². The summed E-state index contributed by atoms with van der Waals surface area (Å²) in [6.07, 6.45) is -1.00. The summed E-state index contributed by atoms with van der Waals surface area (Å²) in [5, 5.41) is 4.65. The number of amides is 1. The van der Waals surface area contributed by atoms with Gasteiger partial charge in [0.2, 0.25) is 16.0 Å². The van der Waals surface area contributed by atoms with E-state index in [2.05, 4.69) is 15.6 Å². The third-order valence-electron chi connectivity index (χ3n) is 4.66. The second-order valence-corrected chi connectivity index (χ2v) is 9.91. The van der Waals surface area contributed by atoms with E-state index in [9.17, 15) is 22.0 Å². The number of benzene rings is 1. The molecule has 0 radical (unpaired) electrons. The summed E-state index contributed by atoms with van der Waals surface area (Å²) in [6, 6.07) is 2.84. The molecule has 1 aromatic carbocycles. The van der Waals surface area contributed by atoms with E-state index in [1.807, 2.05) is 0 Å². The molecular weight excluding hydrogens is 394 g/mol. The van der Waals surface area contributed by atoms with Gasteiger partial charge in [0.25, 0.3) is 0 Å². The summed E-state index contributed by atoms with van der Waals surface area (Å²) < 4.78 is 60.4. The molecule has 0 spiro atoms. The molecule has 2 aliphatic heterocycles. The first-order valence-electron chi connectivity index (χ1n) is 8.61. The molecule has 154 valence electrons. The van der Waals surface area contributed by atoms with Crippen molar-refractivity contribution in [2.45, 2.75) is 37.2 Å². The van der Waals surface area contributed by atoms with Crippen LogP contribution in [0.4, 0.5) is 13.6 Å². The molecule has 0 aromatic heterocycles. The van der Waals surface area contributed by atoms with E-state index < -0.39 is 44.1 Å². The van der Waals surface area contributed by atoms with Crippen molar-refractivity contribution < 1.29 is 26.7 Å². The van der Waals surface area contributed by atoms with E-state index >= 15 is 0 Å². The zero-order chi connectivity index (χ0) is 20.9. The lowest BCUT2D eigenvalue weighted by molar-refractivity contribution is 0.0601. The fourth-order valence-corrected chi connectivity index (χ4v) is 5.22. The number of rotatable bonds is 1. The highest BCUT2D eigenvalue weighted by molar-refractivity contribution is 7.90. The van der Waals surface area contributed by atoms with Crippen molar-refractivity contribution >= 4 is 22.1 Å². The van der Waals surface area contributed by atoms with E-state index in [1.54, 1.807) is 20.8 Å². The molecule has 0 aliphatic carbocycles. The highest BCUT2D eigenvalue weighted by atomic mass is 32.2. The Bertz CT molecular complexity index is 945. The second-order valence-electron chi connectivity index (χ2n) is 7.77. The fraction of sp³-hybridized carbons (Fsp3) is 0.529. The van der Waals surface area contributed by atoms with Crippen molar-refractivity contribution in [3.8, 4) is 0 Å². The van der Waals surface area contributed by atoms with Crippen LogP contribution in [-0.4, -0.2) is 55.8 Å². The number of guanidine groups is 1. The van der Waals surface area contributed by atoms with Crippen LogP contribution in [0.1, 0.15) is 26.3 Å². The summed E-state index contributed by atoms with van der Waals surface area (Å²) >= 11 is 0. The Morgan fingerprint density at radius 3 is 2.68 bits per heavy atom. The molecule has 2 N–H and O–H groups in total. The molecular formula is C17H22F2N4O4S. The number of aliphatic imine (C=N–C) groups is 1. The lowest BCUT2D eigenvalue weighted by Crippen LogP contribution is -2.67. The Hall–Kier alpha value is -2.27. The van der Waals surface area contributed by atoms with E-state index in [-0.39, 0.29) is 24.6 Å². The molecule has 11 heteroatoms. The molecule has 8 nitrogen and oxygen atoms in total. The van der Waals surface area contributed by atoms with Crippen molar-refractivity contribution in [1.82, 2.24) is 14.9 Å². The lowest BCUT2D eigenvalue weighted by atomic mass is 9.87. The predicted molar refractivity (Wildman–Crippen MR) is 98.2 cm³/mol. The normalized spacial score (nSPS) is 28.0. The van der Waals surface area contributed by atoms with Crippen molar-refractivity contribution in [1.29, 1.82) is 0 Å². The van der Waals surface area contributed by atoms with Gasteiger partial charge in [-0.05, 0) is 39.0 Å². The van der Waals surface area contributed by atoms with E-state index in [1.165, 1.54) is 7.05 Å². The minimum absolute atomic E-state index is 0.00154. The van der Waals surface area contributed by atoms with E-state index in [4.69, 9.17) is 4.74 Å². The summed E-state index contributed by atoms with van der Waals surface area (Å²) in [5.41, 5.74) is -2.52. The lowest BCUT2D eigenvalue weighted by Gasteiger charge is -2.44. The van der Waals surface area contributed by atoms with Crippen LogP contribution in [0.5, 0.6) is 0 Å². The standard InChI is InChI=1S/C17H22F2N4O4S/c1-16(2,3)27-15(24)21-14-22-17(11-7-10(18)5-6-12(11)19)9-20-8-13(17)28(25,26)23(14)4/h5-7,13,20H,8-9H2,1-4H3,(H,21,22,24). The molecule has 0 saturated carbocycles. The highest BCUT2D eigenvalue weighted by Gasteiger charge is 2.58. The SMILES string of the molecule is CN1/C(=N/C(=O)OC(C)(C)C)NC2(c3cc(F)ccc3F)CNCC2S1(=O)=O. The van der Waals surface area contributed by atoms with Crippen LogP contribution in [-0.2, 0) is 20.3 Å². The molecule has 28 heavy (non-hydrogen) atoms. The van der Waals surface area contributed by atoms with Gasteiger partial charge in [0.15, 0.2) is 0 Å². The van der Waals surface area contributed by atoms with Gasteiger partial charge in [-0.15, -0.1) is 4.99 Å². The van der Waals surface area contributed by atoms with Gasteiger partial charge in [-0.3, -0.25) is 0 Å². The molecule has 2 aliphatic rings. The molecule has 1 amide bonds. The molecule has 3 rings (SSSR count). The van der Waals surface area contributed by atoms with Crippen LogP contribution < -0.4 is 10.6 Å². The van der Waals surface area contributed by atoms with Gasteiger partial charge in [-0.25, -0.2) is 26.3 Å². The van der Waals surface area contributed by atoms with Crippen LogP contribution in [0.3, 0.4) is 0 Å². The number of hydrogen-bond acceptors (Lipinski definition) is 5. The largest absolute Gasteiger partial charge is 0.442 e. The molecule has 2 atom stereocenters. The first-order valence-corrected chi connectivity index (χ1v) is 10.1. The Labute approximate surface area is 162 Å². The van der Waals surface area contributed by atoms with Crippen LogP contribution in [0.15, 0.2) is 23.2 Å². The fourth-order valence-electron chi connectivity index (χ4n) is 3.41. The predicted octanol–water partition coefficient (Wildman–Crippen LogP) is 1.29. The zero-order valence-electron chi connectivity index (χ0n) is 15.9. The van der Waals surface area contributed by atoms with Crippen molar-refractivity contribution in [2.75, 3.05) is 20.1 Å². The van der Waals surface area contributed by atoms with Crippen molar-refractivity contribution in [3.05, 3.63) is 35.4 Å². The zero-order valence-corrected chi connectivity index (χ0v) is 16.7. The maximum atomic E-state index is 14.6. The van der Waals surface area contributed by atoms with Gasteiger partial charge < -0.3 is 15.4 Å². The highest BCUT2D eigenvalue weighted by Crippen LogP contribution is 2.38. The maximum absolute atomic E-state index is 14.6. The Kier molecular flexibility index (Phi) is 4.87. The smallest absolute Gasteiger partial charge is 0.437 e. The van der Waals surface area contributed by atoms with Gasteiger partial charge >= 0.3 is 6.09 Å². The summed E-state index contributed by atoms with van der Waals surface area (Å²) in [6.45, 7) is 4.94. The molecule has 2 heterocycles. The Morgan fingerprint density at radius 2 is 2.04 bits per heavy atom. The monoisotopic (exact) mass is 416 g/mol. The number of nitrogens with zero attached hydrogens (tertiary/aromatic N) is 2. The van der Waals surface area contributed by atoms with Crippen LogP contribution in [0.2, 0.25) is 0 Å². The van der Waals surface area contributed by atoms with Crippen LogP contribution >= 0.6 is 0 Å². The first kappa shape index (κ1) is 20.5. The molecule has 2 unspecified atom stereocenters. The van der Waals surface area contributed by atoms with Gasteiger partial charge in [0.05, 0.1) is 0 Å². The second kappa shape index (κ2) is 6.66. The van der Waals surface area contributed by atoms with Gasteiger partial charge in [-0.2, -0.15) is 0 Å². The van der Waals surface area contributed by atoms with Crippen molar-refractivity contribution in [2.24, 2.45) is 4.99 Å². The average Bonchev–Trinajstić information content (AvgIpc) is 2.99. The topological polar surface area (TPSA) is 100 Å². The molecule has 2 saturated heterocycles. The first-order chi connectivity index (χ1) is 12.9. The van der Waals surface area contributed by atoms with E-state index in [0.29, 0.717) is 0 Å². The number of sulfonamides is 1. The quantitative estimate of drug-likeness (QED) is 0.716. The minimum atomic E-state index is -4.03. The minimum Gasteiger partial charge on any atom is -0.442 e. The number of ether oxygens (including phenoxy) is 1. The number of hydrogen-bond donors (Lipinski definition) is 2. The summed E-state index contributed by atoms with van der Waals surface area (Å²) in [5.74, 6) is -1.79. The maximum Gasteiger partial charge on any atom is 0.437 e. The molecule has 1 aromatic rings. The number of nitrogens with one attached hydrogen (secondary N) is 2. The van der Waals surface area contributed by atoms with Crippen LogP contribution in [0, 0.1) is 11.6 Å². The number of halogens is 2. The van der Waals surface area contributed by atoms with Gasteiger partial charge in [0.1, 0.15) is 28.0 Å². The summed E-state index contributed by atoms with van der Waals surface area (Å²) in [7, 11) is -2.80. The van der Waals surface area contributed by atoms with Gasteiger partial charge in [-0.1, -0.05) is 0 Å². The number of fused-ring (bicyclic) bond motifs is 1. The Morgan fingerprint density at radius 1 is 1.36 bits per heavy atom. The Balaban J connectivity index is 2.12. The number of carbonyl (C=O) groups is 1. The third-order valence-corrected chi connectivity index (χ3v) is 6.88. The van der Waals surface area contributed by atoms with Crippen LogP contribution in [0.25, 0.3) is 0 Å². The molecule has 0 bridgehead atoms. The van der Waals surface area contributed by atoms with Gasteiger partial charge in [0, 0.05) is 25.7 Å². The third kappa shape index (κ3) is 3.44. The average molecular weight is 416 g/mol. The van der Waals surface area contributed by atoms with E-state index in [0.717, 1.165) is 22.5 Å². The summed E-state index contributed by atoms with van der Waals surface area (Å²) in [4.78, 5) is 15.8.